The SMILES string of the molecule is CC(C)(C)N1C[C@@H](C(=O)N2CCN(CCc3ccccc3)CC2)CC1=O. The minimum atomic E-state index is -0.206. The molecule has 0 unspecified atom stereocenters. The van der Waals surface area contributed by atoms with Crippen molar-refractivity contribution in [3.05, 3.63) is 35.9 Å². The lowest BCUT2D eigenvalue weighted by atomic mass is 10.1. The number of amides is 2. The molecule has 2 saturated heterocycles. The Bertz CT molecular complexity index is 630. The Kier molecular flexibility index (Phi) is 5.66. The van der Waals surface area contributed by atoms with Crippen LogP contribution in [0.1, 0.15) is 32.8 Å². The molecule has 2 amide bonds. The van der Waals surface area contributed by atoms with Crippen LogP contribution in [0.5, 0.6) is 0 Å². The summed E-state index contributed by atoms with van der Waals surface area (Å²) in [6, 6.07) is 10.5. The molecule has 1 aromatic rings. The average molecular weight is 357 g/mol. The summed E-state index contributed by atoms with van der Waals surface area (Å²) in [6.07, 6.45) is 1.41. The Morgan fingerprint density at radius 3 is 2.31 bits per heavy atom. The zero-order chi connectivity index (χ0) is 18.7. The Hall–Kier alpha value is -1.88. The molecule has 1 aromatic carbocycles. The first kappa shape index (κ1) is 18.9. The van der Waals surface area contributed by atoms with Gasteiger partial charge in [0.25, 0.3) is 0 Å². The summed E-state index contributed by atoms with van der Waals surface area (Å²) in [5, 5.41) is 0. The Balaban J connectivity index is 1.46. The Morgan fingerprint density at radius 1 is 1.08 bits per heavy atom. The summed E-state index contributed by atoms with van der Waals surface area (Å²) < 4.78 is 0. The maximum absolute atomic E-state index is 12.8. The number of rotatable bonds is 4. The number of carbonyl (C=O) groups excluding carboxylic acids is 2. The predicted molar refractivity (Wildman–Crippen MR) is 103 cm³/mol. The van der Waals surface area contributed by atoms with Gasteiger partial charge in [0, 0.05) is 51.2 Å². The summed E-state index contributed by atoms with van der Waals surface area (Å²) in [6.45, 7) is 11.1. The molecule has 0 aromatic heterocycles. The lowest BCUT2D eigenvalue weighted by Gasteiger charge is -2.36. The summed E-state index contributed by atoms with van der Waals surface area (Å²) in [7, 11) is 0. The van der Waals surface area contributed by atoms with E-state index in [2.05, 4.69) is 29.2 Å². The molecule has 5 heteroatoms. The molecule has 0 aliphatic carbocycles. The van der Waals surface area contributed by atoms with Crippen molar-refractivity contribution in [3.8, 4) is 0 Å². The van der Waals surface area contributed by atoms with Crippen molar-refractivity contribution in [1.29, 1.82) is 0 Å². The third kappa shape index (κ3) is 4.44. The fourth-order valence-electron chi connectivity index (χ4n) is 3.90. The van der Waals surface area contributed by atoms with E-state index in [0.29, 0.717) is 13.0 Å². The van der Waals surface area contributed by atoms with E-state index < -0.39 is 0 Å². The van der Waals surface area contributed by atoms with E-state index in [1.165, 1.54) is 5.56 Å². The van der Waals surface area contributed by atoms with E-state index in [9.17, 15) is 9.59 Å². The fraction of sp³-hybridized carbons (Fsp3) is 0.619. The lowest BCUT2D eigenvalue weighted by molar-refractivity contribution is -0.137. The molecule has 0 bridgehead atoms. The zero-order valence-electron chi connectivity index (χ0n) is 16.3. The van der Waals surface area contributed by atoms with E-state index in [4.69, 9.17) is 0 Å². The van der Waals surface area contributed by atoms with Gasteiger partial charge in [-0.25, -0.2) is 0 Å². The second-order valence-electron chi connectivity index (χ2n) is 8.48. The van der Waals surface area contributed by atoms with Gasteiger partial charge >= 0.3 is 0 Å². The van der Waals surface area contributed by atoms with Crippen LogP contribution >= 0.6 is 0 Å². The van der Waals surface area contributed by atoms with Crippen molar-refractivity contribution in [2.75, 3.05) is 39.3 Å². The number of nitrogens with zero attached hydrogens (tertiary/aromatic N) is 3. The van der Waals surface area contributed by atoms with Gasteiger partial charge in [0.1, 0.15) is 0 Å². The number of piperazine rings is 1. The van der Waals surface area contributed by atoms with Crippen LogP contribution in [0.4, 0.5) is 0 Å². The van der Waals surface area contributed by atoms with Crippen molar-refractivity contribution in [3.63, 3.8) is 0 Å². The van der Waals surface area contributed by atoms with Crippen LogP contribution in [0, 0.1) is 5.92 Å². The van der Waals surface area contributed by atoms with Gasteiger partial charge in [-0.15, -0.1) is 0 Å². The van der Waals surface area contributed by atoms with Gasteiger partial charge in [-0.3, -0.25) is 14.5 Å². The lowest BCUT2D eigenvalue weighted by Crippen LogP contribution is -2.51. The predicted octanol–water partition coefficient (Wildman–Crippen LogP) is 2.02. The van der Waals surface area contributed by atoms with E-state index in [1.807, 2.05) is 36.6 Å². The highest BCUT2D eigenvalue weighted by molar-refractivity contribution is 5.89. The third-order valence-corrected chi connectivity index (χ3v) is 5.53. The number of hydrogen-bond acceptors (Lipinski definition) is 3. The monoisotopic (exact) mass is 357 g/mol. The Morgan fingerprint density at radius 2 is 1.73 bits per heavy atom. The maximum atomic E-state index is 12.8. The van der Waals surface area contributed by atoms with Gasteiger partial charge in [0.05, 0.1) is 5.92 Å². The first-order valence-corrected chi connectivity index (χ1v) is 9.70. The van der Waals surface area contributed by atoms with E-state index in [0.717, 1.165) is 39.1 Å². The van der Waals surface area contributed by atoms with Crippen LogP contribution in [0.15, 0.2) is 30.3 Å². The van der Waals surface area contributed by atoms with E-state index >= 15 is 0 Å². The summed E-state index contributed by atoms with van der Waals surface area (Å²) in [5.74, 6) is 0.0998. The second kappa shape index (κ2) is 7.78. The molecule has 0 N–H and O–H groups in total. The van der Waals surface area contributed by atoms with Gasteiger partial charge in [-0.05, 0) is 32.8 Å². The number of benzene rings is 1. The fourth-order valence-corrected chi connectivity index (χ4v) is 3.90. The molecule has 1 atom stereocenters. The number of likely N-dealkylation sites (tertiary alicyclic amines) is 1. The first-order valence-electron chi connectivity index (χ1n) is 9.70. The van der Waals surface area contributed by atoms with Gasteiger partial charge in [0.2, 0.25) is 11.8 Å². The average Bonchev–Trinajstić information content (AvgIpc) is 3.03. The number of carbonyl (C=O) groups is 2. The van der Waals surface area contributed by atoms with Gasteiger partial charge in [-0.2, -0.15) is 0 Å². The van der Waals surface area contributed by atoms with Gasteiger partial charge < -0.3 is 9.80 Å². The maximum Gasteiger partial charge on any atom is 0.228 e. The van der Waals surface area contributed by atoms with Gasteiger partial charge in [0.15, 0.2) is 0 Å². The largest absolute Gasteiger partial charge is 0.340 e. The topological polar surface area (TPSA) is 43.9 Å². The molecule has 2 fully saturated rings. The molecule has 2 aliphatic heterocycles. The van der Waals surface area contributed by atoms with Crippen molar-refractivity contribution in [2.24, 2.45) is 5.92 Å². The second-order valence-corrected chi connectivity index (χ2v) is 8.48. The van der Waals surface area contributed by atoms with Crippen LogP contribution in [-0.4, -0.2) is 71.3 Å². The van der Waals surface area contributed by atoms with Crippen molar-refractivity contribution in [2.45, 2.75) is 39.2 Å². The molecular weight excluding hydrogens is 326 g/mol. The van der Waals surface area contributed by atoms with Crippen molar-refractivity contribution in [1.82, 2.24) is 14.7 Å². The summed E-state index contributed by atoms with van der Waals surface area (Å²) >= 11 is 0. The quantitative estimate of drug-likeness (QED) is 0.828. The highest BCUT2D eigenvalue weighted by atomic mass is 16.2. The normalized spacial score (nSPS) is 22.1. The Labute approximate surface area is 156 Å². The molecule has 2 aliphatic rings. The van der Waals surface area contributed by atoms with Crippen LogP contribution in [0.2, 0.25) is 0 Å². The van der Waals surface area contributed by atoms with Crippen molar-refractivity contribution >= 4 is 11.8 Å². The highest BCUT2D eigenvalue weighted by Crippen LogP contribution is 2.27. The van der Waals surface area contributed by atoms with Crippen molar-refractivity contribution < 1.29 is 9.59 Å². The molecule has 0 radical (unpaired) electrons. The summed E-state index contributed by atoms with van der Waals surface area (Å²) in [5.41, 5.74) is 1.15. The molecule has 0 spiro atoms. The third-order valence-electron chi connectivity index (χ3n) is 5.53. The standard InChI is InChI=1S/C21H31N3O2/c1-21(2,3)24-16-18(15-19(24)25)20(26)23-13-11-22(12-14-23)10-9-17-7-5-4-6-8-17/h4-8,18H,9-16H2,1-3H3/t18-/m0/s1. The van der Waals surface area contributed by atoms with Gasteiger partial charge in [-0.1, -0.05) is 30.3 Å². The van der Waals surface area contributed by atoms with Crippen LogP contribution in [0.3, 0.4) is 0 Å². The molecule has 142 valence electrons. The minimum absolute atomic E-state index is 0.109. The van der Waals surface area contributed by atoms with E-state index in [-0.39, 0.29) is 23.3 Å². The highest BCUT2D eigenvalue weighted by Gasteiger charge is 2.41. The summed E-state index contributed by atoms with van der Waals surface area (Å²) in [4.78, 5) is 31.3. The van der Waals surface area contributed by atoms with E-state index in [1.54, 1.807) is 0 Å². The number of hydrogen-bond donors (Lipinski definition) is 0. The molecular formula is C21H31N3O2. The van der Waals surface area contributed by atoms with Crippen LogP contribution < -0.4 is 0 Å². The molecule has 2 heterocycles. The molecule has 3 rings (SSSR count). The molecule has 5 nitrogen and oxygen atoms in total. The minimum Gasteiger partial charge on any atom is -0.340 e. The zero-order valence-corrected chi connectivity index (χ0v) is 16.3. The molecule has 26 heavy (non-hydrogen) atoms. The van der Waals surface area contributed by atoms with Crippen LogP contribution in [-0.2, 0) is 16.0 Å². The first-order chi connectivity index (χ1) is 12.3. The smallest absolute Gasteiger partial charge is 0.228 e. The molecule has 0 saturated carbocycles. The van der Waals surface area contributed by atoms with Crippen LogP contribution in [0.25, 0.3) is 0 Å².